The lowest BCUT2D eigenvalue weighted by atomic mass is 9.76. The first kappa shape index (κ1) is 10.5. The minimum atomic E-state index is -0.968. The second-order valence-electron chi connectivity index (χ2n) is 5.25. The monoisotopic (exact) mass is 251 g/mol. The number of amides is 1. The van der Waals surface area contributed by atoms with Crippen LogP contribution >= 0.6 is 0 Å². The zero-order valence-electron chi connectivity index (χ0n) is 9.61. The topological polar surface area (TPSA) is 76.1 Å². The summed E-state index contributed by atoms with van der Waals surface area (Å²) in [5.74, 6) is -2.52. The maximum Gasteiger partial charge on any atom is 0.310 e. The molecule has 3 fully saturated rings. The van der Waals surface area contributed by atoms with E-state index in [1.807, 2.05) is 6.08 Å². The Balaban J connectivity index is 1.82. The van der Waals surface area contributed by atoms with Crippen molar-refractivity contribution in [2.75, 3.05) is 13.2 Å². The van der Waals surface area contributed by atoms with Gasteiger partial charge in [0.25, 0.3) is 0 Å². The number of aliphatic carboxylic acids is 1. The highest BCUT2D eigenvalue weighted by molar-refractivity contribution is 5.91. The van der Waals surface area contributed by atoms with E-state index < -0.39 is 35.7 Å². The lowest BCUT2D eigenvalue weighted by molar-refractivity contribution is -0.168. The summed E-state index contributed by atoms with van der Waals surface area (Å²) >= 11 is 0. The fraction of sp³-hybridized carbons (Fsp3) is 0.667. The molecule has 3 saturated heterocycles. The van der Waals surface area contributed by atoms with Crippen LogP contribution in [0.1, 0.15) is 6.42 Å². The van der Waals surface area contributed by atoms with Gasteiger partial charge >= 0.3 is 5.97 Å². The van der Waals surface area contributed by atoms with Gasteiger partial charge in [-0.05, 0) is 12.5 Å². The molecule has 0 saturated carbocycles. The van der Waals surface area contributed by atoms with Crippen LogP contribution < -0.4 is 0 Å². The second-order valence-corrected chi connectivity index (χ2v) is 5.25. The van der Waals surface area contributed by atoms with E-state index in [1.54, 1.807) is 11.0 Å². The van der Waals surface area contributed by atoms with Crippen LogP contribution in [0.4, 0.5) is 0 Å². The molecule has 0 aromatic rings. The van der Waals surface area contributed by atoms with Gasteiger partial charge < -0.3 is 19.5 Å². The zero-order valence-corrected chi connectivity index (χ0v) is 9.61. The lowest BCUT2D eigenvalue weighted by Gasteiger charge is -2.36. The standard InChI is InChI=1S/C12H13NO5/c14-9-8-7(10(15)16)6-2-3-12(8,18-6)11-13(9)4-1-5-17-11/h2-3,6-8,11H,1,4-5H2,(H,15,16)/t6-,7+,8+,11-,12-/m0/s1. The van der Waals surface area contributed by atoms with Crippen molar-refractivity contribution in [3.8, 4) is 0 Å². The summed E-state index contributed by atoms with van der Waals surface area (Å²) in [4.78, 5) is 25.4. The molecule has 0 aliphatic carbocycles. The average molecular weight is 251 g/mol. The van der Waals surface area contributed by atoms with Gasteiger partial charge in [0, 0.05) is 6.54 Å². The van der Waals surface area contributed by atoms with Crippen LogP contribution in [0.25, 0.3) is 0 Å². The normalized spacial score (nSPS) is 48.4. The maximum atomic E-state index is 12.4. The van der Waals surface area contributed by atoms with Gasteiger partial charge in [-0.2, -0.15) is 0 Å². The first-order chi connectivity index (χ1) is 8.65. The SMILES string of the molecule is O=C(O)[C@@H]1[C@@H]2C=C[C@@]3(O2)[C@@H]2OCCCN2C(=O)[C@@H]13. The Kier molecular flexibility index (Phi) is 1.83. The van der Waals surface area contributed by atoms with E-state index in [0.717, 1.165) is 6.42 Å². The van der Waals surface area contributed by atoms with Crippen molar-refractivity contribution in [1.82, 2.24) is 4.90 Å². The maximum absolute atomic E-state index is 12.4. The molecule has 4 aliphatic heterocycles. The zero-order chi connectivity index (χ0) is 12.5. The van der Waals surface area contributed by atoms with E-state index in [1.165, 1.54) is 0 Å². The predicted molar refractivity (Wildman–Crippen MR) is 57.4 cm³/mol. The van der Waals surface area contributed by atoms with Crippen molar-refractivity contribution >= 4 is 11.9 Å². The number of carbonyl (C=O) groups is 2. The molecule has 5 atom stereocenters. The smallest absolute Gasteiger partial charge is 0.310 e. The van der Waals surface area contributed by atoms with Crippen molar-refractivity contribution in [2.45, 2.75) is 24.4 Å². The number of hydrogen-bond donors (Lipinski definition) is 1. The molecule has 1 spiro atoms. The Morgan fingerprint density at radius 2 is 2.39 bits per heavy atom. The summed E-state index contributed by atoms with van der Waals surface area (Å²) in [5, 5.41) is 9.30. The minimum Gasteiger partial charge on any atom is -0.481 e. The van der Waals surface area contributed by atoms with E-state index in [0.29, 0.717) is 13.2 Å². The molecular weight excluding hydrogens is 238 g/mol. The van der Waals surface area contributed by atoms with Gasteiger partial charge in [0.05, 0.1) is 18.6 Å². The van der Waals surface area contributed by atoms with Crippen LogP contribution in [0.3, 0.4) is 0 Å². The quantitative estimate of drug-likeness (QED) is 0.642. The number of carboxylic acids is 1. The molecule has 4 heterocycles. The summed E-state index contributed by atoms with van der Waals surface area (Å²) in [6, 6.07) is 0. The highest BCUT2D eigenvalue weighted by Crippen LogP contribution is 2.55. The van der Waals surface area contributed by atoms with Crippen LogP contribution in [0, 0.1) is 11.8 Å². The molecule has 0 aromatic carbocycles. The molecule has 96 valence electrons. The molecule has 4 aliphatic rings. The molecule has 1 amide bonds. The Bertz CT molecular complexity index is 475. The first-order valence-electron chi connectivity index (χ1n) is 6.17. The van der Waals surface area contributed by atoms with Crippen LogP contribution in [0.15, 0.2) is 12.2 Å². The largest absolute Gasteiger partial charge is 0.481 e. The molecule has 2 bridgehead atoms. The second kappa shape index (κ2) is 3.13. The number of hydrogen-bond acceptors (Lipinski definition) is 4. The van der Waals surface area contributed by atoms with Gasteiger partial charge in [-0.25, -0.2) is 0 Å². The van der Waals surface area contributed by atoms with E-state index in [2.05, 4.69) is 0 Å². The van der Waals surface area contributed by atoms with Gasteiger partial charge in [0.15, 0.2) is 6.23 Å². The Hall–Kier alpha value is -1.40. The number of carbonyl (C=O) groups excluding carboxylic acids is 1. The number of ether oxygens (including phenoxy) is 2. The highest BCUT2D eigenvalue weighted by atomic mass is 16.6. The number of rotatable bonds is 1. The van der Waals surface area contributed by atoms with Gasteiger partial charge in [-0.1, -0.05) is 6.08 Å². The summed E-state index contributed by atoms with van der Waals surface area (Å²) < 4.78 is 11.5. The third-order valence-corrected chi connectivity index (χ3v) is 4.41. The number of nitrogens with zero attached hydrogens (tertiary/aromatic N) is 1. The third kappa shape index (κ3) is 0.976. The van der Waals surface area contributed by atoms with E-state index in [-0.39, 0.29) is 5.91 Å². The van der Waals surface area contributed by atoms with Gasteiger partial charge in [-0.15, -0.1) is 0 Å². The van der Waals surface area contributed by atoms with Crippen molar-refractivity contribution < 1.29 is 24.2 Å². The molecular formula is C12H13NO5. The van der Waals surface area contributed by atoms with Crippen molar-refractivity contribution in [3.05, 3.63) is 12.2 Å². The molecule has 1 N–H and O–H groups in total. The fourth-order valence-electron chi connectivity index (χ4n) is 3.74. The molecule has 0 radical (unpaired) electrons. The van der Waals surface area contributed by atoms with Gasteiger partial charge in [-0.3, -0.25) is 9.59 Å². The van der Waals surface area contributed by atoms with Gasteiger partial charge in [0.1, 0.15) is 11.5 Å². The van der Waals surface area contributed by atoms with Crippen molar-refractivity contribution in [3.63, 3.8) is 0 Å². The molecule has 18 heavy (non-hydrogen) atoms. The van der Waals surface area contributed by atoms with Crippen LogP contribution in [0.5, 0.6) is 0 Å². The minimum absolute atomic E-state index is 0.140. The Morgan fingerprint density at radius 3 is 3.17 bits per heavy atom. The molecule has 6 heteroatoms. The lowest BCUT2D eigenvalue weighted by Crippen LogP contribution is -2.49. The van der Waals surface area contributed by atoms with E-state index >= 15 is 0 Å². The molecule has 0 unspecified atom stereocenters. The van der Waals surface area contributed by atoms with Gasteiger partial charge in [0.2, 0.25) is 5.91 Å². The Labute approximate surface area is 103 Å². The highest BCUT2D eigenvalue weighted by Gasteiger charge is 2.72. The van der Waals surface area contributed by atoms with E-state index in [4.69, 9.17) is 9.47 Å². The molecule has 6 nitrogen and oxygen atoms in total. The van der Waals surface area contributed by atoms with Crippen molar-refractivity contribution in [1.29, 1.82) is 0 Å². The summed E-state index contributed by atoms with van der Waals surface area (Å²) in [7, 11) is 0. The number of carboxylic acid groups (broad SMARTS) is 1. The van der Waals surface area contributed by atoms with Crippen LogP contribution in [-0.2, 0) is 19.1 Å². The number of fused-ring (bicyclic) bond motifs is 2. The van der Waals surface area contributed by atoms with E-state index in [9.17, 15) is 14.7 Å². The first-order valence-corrected chi connectivity index (χ1v) is 6.17. The average Bonchev–Trinajstić information content (AvgIpc) is 2.99. The van der Waals surface area contributed by atoms with Crippen LogP contribution in [0.2, 0.25) is 0 Å². The molecule has 4 rings (SSSR count). The van der Waals surface area contributed by atoms with Crippen molar-refractivity contribution in [2.24, 2.45) is 11.8 Å². The summed E-state index contributed by atoms with van der Waals surface area (Å²) in [6.45, 7) is 1.21. The summed E-state index contributed by atoms with van der Waals surface area (Å²) in [5.41, 5.74) is -0.870. The third-order valence-electron chi connectivity index (χ3n) is 4.41. The predicted octanol–water partition coefficient (Wildman–Crippen LogP) is -0.401. The van der Waals surface area contributed by atoms with Crippen LogP contribution in [-0.4, -0.2) is 53.0 Å². The fourth-order valence-corrected chi connectivity index (χ4v) is 3.74. The molecule has 0 aromatic heterocycles. The Morgan fingerprint density at radius 1 is 1.56 bits per heavy atom. The summed E-state index contributed by atoms with van der Waals surface area (Å²) in [6.07, 6.45) is 3.42.